The highest BCUT2D eigenvalue weighted by atomic mass is 127. The van der Waals surface area contributed by atoms with E-state index in [1.54, 1.807) is 0 Å². The zero-order valence-electron chi connectivity index (χ0n) is 11.7. The van der Waals surface area contributed by atoms with Crippen LogP contribution in [0.2, 0.25) is 0 Å². The number of rotatable bonds is 4. The van der Waals surface area contributed by atoms with Crippen LogP contribution in [0, 0.1) is 24.3 Å². The lowest BCUT2D eigenvalue weighted by molar-refractivity contribution is 0.587. The molecule has 1 aromatic carbocycles. The van der Waals surface area contributed by atoms with E-state index in [0.29, 0.717) is 6.04 Å². The van der Waals surface area contributed by atoms with Gasteiger partial charge in [0.05, 0.1) is 10.7 Å². The Hall–Kier alpha value is -0.460. The lowest BCUT2D eigenvalue weighted by atomic mass is 10.0. The van der Waals surface area contributed by atoms with Gasteiger partial charge in [-0.05, 0) is 61.5 Å². The molecule has 0 radical (unpaired) electrons. The Kier molecular flexibility index (Phi) is 4.97. The maximum absolute atomic E-state index is 4.65. The molecule has 0 spiro atoms. The van der Waals surface area contributed by atoms with E-state index >= 15 is 0 Å². The first-order chi connectivity index (χ1) is 9.02. The number of likely N-dealkylation sites (N-methyl/N-ethyl adjacent to an activating group) is 1. The molecule has 0 saturated carbocycles. The minimum atomic E-state index is 0.330. The molecule has 0 aliphatic rings. The van der Waals surface area contributed by atoms with Crippen LogP contribution in [0.5, 0.6) is 0 Å². The highest BCUT2D eigenvalue weighted by Crippen LogP contribution is 2.27. The molecule has 4 heteroatoms. The van der Waals surface area contributed by atoms with Crippen molar-refractivity contribution >= 4 is 33.9 Å². The van der Waals surface area contributed by atoms with E-state index in [4.69, 9.17) is 0 Å². The molecule has 1 N–H and O–H groups in total. The number of nitrogens with zero attached hydrogens (tertiary/aromatic N) is 1. The number of nitrogens with one attached hydrogen (secondary N) is 1. The monoisotopic (exact) mass is 386 g/mol. The molecule has 102 valence electrons. The molecule has 0 aliphatic heterocycles. The van der Waals surface area contributed by atoms with Gasteiger partial charge in [-0.3, -0.25) is 0 Å². The first-order valence-corrected chi connectivity index (χ1v) is 8.27. The molecule has 0 amide bonds. The van der Waals surface area contributed by atoms with Crippen molar-refractivity contribution in [3.8, 4) is 0 Å². The van der Waals surface area contributed by atoms with Crippen molar-refractivity contribution in [2.24, 2.45) is 0 Å². The Balaban J connectivity index is 2.27. The van der Waals surface area contributed by atoms with E-state index in [2.05, 4.69) is 71.9 Å². The maximum atomic E-state index is 4.65. The molecule has 0 saturated heterocycles. The summed E-state index contributed by atoms with van der Waals surface area (Å²) in [4.78, 5) is 5.97. The Labute approximate surface area is 132 Å². The molecule has 0 aliphatic carbocycles. The number of halogens is 1. The average molecular weight is 386 g/mol. The number of aromatic nitrogens is 1. The maximum Gasteiger partial charge on any atom is 0.0949 e. The normalized spacial score (nSPS) is 12.7. The van der Waals surface area contributed by atoms with E-state index in [1.807, 2.05) is 18.4 Å². The summed E-state index contributed by atoms with van der Waals surface area (Å²) in [5.41, 5.74) is 3.87. The van der Waals surface area contributed by atoms with Gasteiger partial charge in [-0.25, -0.2) is 4.98 Å². The van der Waals surface area contributed by atoms with Gasteiger partial charge >= 0.3 is 0 Å². The number of aryl methyl sites for hydroxylation is 3. The number of hydrogen-bond acceptors (Lipinski definition) is 3. The summed E-state index contributed by atoms with van der Waals surface area (Å²) in [5, 5.41) is 4.64. The average Bonchev–Trinajstić information content (AvgIpc) is 2.69. The van der Waals surface area contributed by atoms with Crippen molar-refractivity contribution in [3.05, 3.63) is 48.5 Å². The van der Waals surface area contributed by atoms with Gasteiger partial charge in [0.15, 0.2) is 0 Å². The third-order valence-corrected chi connectivity index (χ3v) is 5.97. The van der Waals surface area contributed by atoms with Crippen LogP contribution in [0.1, 0.15) is 32.7 Å². The molecule has 19 heavy (non-hydrogen) atoms. The molecular formula is C15H19IN2S. The number of benzene rings is 1. The summed E-state index contributed by atoms with van der Waals surface area (Å²) in [5.74, 6) is 0. The fraction of sp³-hybridized carbons (Fsp3) is 0.400. The van der Waals surface area contributed by atoms with Gasteiger partial charge in [0, 0.05) is 20.9 Å². The summed E-state index contributed by atoms with van der Waals surface area (Å²) in [7, 11) is 2.02. The topological polar surface area (TPSA) is 24.9 Å². The van der Waals surface area contributed by atoms with Crippen LogP contribution < -0.4 is 5.32 Å². The minimum Gasteiger partial charge on any atom is -0.313 e. The van der Waals surface area contributed by atoms with Gasteiger partial charge < -0.3 is 5.32 Å². The number of hydrogen-bond donors (Lipinski definition) is 1. The lowest BCUT2D eigenvalue weighted by Gasteiger charge is -2.18. The van der Waals surface area contributed by atoms with Crippen LogP contribution in [0.4, 0.5) is 0 Å². The van der Waals surface area contributed by atoms with E-state index in [0.717, 1.165) is 12.1 Å². The largest absolute Gasteiger partial charge is 0.313 e. The van der Waals surface area contributed by atoms with Crippen LogP contribution in [-0.4, -0.2) is 12.0 Å². The van der Waals surface area contributed by atoms with Gasteiger partial charge in [-0.2, -0.15) is 0 Å². The SMILES string of the molecule is CNC(Cc1nc(C)c(C)s1)c1cccc(C)c1I. The summed E-state index contributed by atoms with van der Waals surface area (Å²) >= 11 is 4.25. The van der Waals surface area contributed by atoms with E-state index in [1.165, 1.54) is 24.6 Å². The summed E-state index contributed by atoms with van der Waals surface area (Å²) < 4.78 is 1.35. The van der Waals surface area contributed by atoms with Crippen molar-refractivity contribution in [3.63, 3.8) is 0 Å². The third kappa shape index (κ3) is 3.35. The summed E-state index contributed by atoms with van der Waals surface area (Å²) in [6.07, 6.45) is 0.954. The summed E-state index contributed by atoms with van der Waals surface area (Å²) in [6.45, 7) is 6.39. The second-order valence-corrected chi connectivity index (χ2v) is 7.14. The third-order valence-electron chi connectivity index (χ3n) is 3.40. The molecule has 2 nitrogen and oxygen atoms in total. The van der Waals surface area contributed by atoms with Crippen molar-refractivity contribution in [1.29, 1.82) is 0 Å². The molecule has 1 unspecified atom stereocenters. The Morgan fingerprint density at radius 2 is 2.05 bits per heavy atom. The highest BCUT2D eigenvalue weighted by molar-refractivity contribution is 14.1. The zero-order chi connectivity index (χ0) is 14.0. The molecule has 0 bridgehead atoms. The standard InChI is InChI=1S/C15H19IN2S/c1-9-6-5-7-12(15(9)16)13(17-4)8-14-18-10(2)11(3)19-14/h5-7,13,17H,8H2,1-4H3. The Bertz CT molecular complexity index is 558. The zero-order valence-corrected chi connectivity index (χ0v) is 14.7. The second-order valence-electron chi connectivity index (χ2n) is 4.77. The smallest absolute Gasteiger partial charge is 0.0949 e. The van der Waals surface area contributed by atoms with Gasteiger partial charge in [0.25, 0.3) is 0 Å². The second kappa shape index (κ2) is 6.33. The summed E-state index contributed by atoms with van der Waals surface area (Å²) in [6, 6.07) is 6.84. The van der Waals surface area contributed by atoms with Crippen molar-refractivity contribution < 1.29 is 0 Å². The fourth-order valence-electron chi connectivity index (χ4n) is 2.11. The molecule has 1 atom stereocenters. The van der Waals surface area contributed by atoms with Gasteiger partial charge in [0.2, 0.25) is 0 Å². The highest BCUT2D eigenvalue weighted by Gasteiger charge is 2.16. The van der Waals surface area contributed by atoms with Crippen LogP contribution in [0.15, 0.2) is 18.2 Å². The van der Waals surface area contributed by atoms with Crippen LogP contribution in [0.25, 0.3) is 0 Å². The van der Waals surface area contributed by atoms with Crippen molar-refractivity contribution in [1.82, 2.24) is 10.3 Å². The van der Waals surface area contributed by atoms with Crippen molar-refractivity contribution in [2.75, 3.05) is 7.05 Å². The van der Waals surface area contributed by atoms with Crippen LogP contribution >= 0.6 is 33.9 Å². The molecular weight excluding hydrogens is 367 g/mol. The van der Waals surface area contributed by atoms with E-state index in [-0.39, 0.29) is 0 Å². The van der Waals surface area contributed by atoms with E-state index in [9.17, 15) is 0 Å². The minimum absolute atomic E-state index is 0.330. The van der Waals surface area contributed by atoms with E-state index < -0.39 is 0 Å². The predicted octanol–water partition coefficient (Wildman–Crippen LogP) is 4.18. The first kappa shape index (κ1) is 14.9. The molecule has 2 rings (SSSR count). The Morgan fingerprint density at radius 1 is 1.32 bits per heavy atom. The molecule has 1 aromatic heterocycles. The fourth-order valence-corrected chi connectivity index (χ4v) is 3.82. The van der Waals surface area contributed by atoms with Gasteiger partial charge in [-0.1, -0.05) is 18.2 Å². The van der Waals surface area contributed by atoms with Gasteiger partial charge in [-0.15, -0.1) is 11.3 Å². The molecule has 1 heterocycles. The molecule has 2 aromatic rings. The van der Waals surface area contributed by atoms with Crippen LogP contribution in [0.3, 0.4) is 0 Å². The lowest BCUT2D eigenvalue weighted by Crippen LogP contribution is -2.20. The van der Waals surface area contributed by atoms with Crippen LogP contribution in [-0.2, 0) is 6.42 Å². The first-order valence-electron chi connectivity index (χ1n) is 6.38. The van der Waals surface area contributed by atoms with Crippen molar-refractivity contribution in [2.45, 2.75) is 33.2 Å². The molecule has 0 fully saturated rings. The van der Waals surface area contributed by atoms with Gasteiger partial charge in [0.1, 0.15) is 0 Å². The quantitative estimate of drug-likeness (QED) is 0.798. The predicted molar refractivity (Wildman–Crippen MR) is 91.0 cm³/mol. The number of thiazole rings is 1. The Morgan fingerprint density at radius 3 is 2.63 bits per heavy atom.